The number of aliphatic carboxylic acids is 1. The summed E-state index contributed by atoms with van der Waals surface area (Å²) in [6, 6.07) is 10.0. The van der Waals surface area contributed by atoms with E-state index < -0.39 is 17.8 Å². The van der Waals surface area contributed by atoms with E-state index in [2.05, 4.69) is 10.1 Å². The van der Waals surface area contributed by atoms with Gasteiger partial charge in [-0.1, -0.05) is 35.5 Å². The number of aromatic nitrogens is 1. The molecule has 2 rings (SSSR count). The fraction of sp³-hybridized carbons (Fsp3) is 0.250. The van der Waals surface area contributed by atoms with Crippen molar-refractivity contribution in [1.82, 2.24) is 4.98 Å². The topological polar surface area (TPSA) is 81.0 Å². The minimum Gasteiger partial charge on any atom is -0.498 e. The van der Waals surface area contributed by atoms with Crippen molar-refractivity contribution < 1.29 is 32.6 Å². The molecule has 0 radical (unpaired) electrons. The van der Waals surface area contributed by atoms with Crippen molar-refractivity contribution in [2.75, 3.05) is 6.61 Å². The Kier molecular flexibility index (Phi) is 7.35. The second-order valence-electron chi connectivity index (χ2n) is 5.77. The average molecular weight is 408 g/mol. The lowest BCUT2D eigenvalue weighted by molar-refractivity contribution is -0.141. The number of nitrogens with zero attached hydrogens (tertiary/aromatic N) is 2. The molecule has 1 aromatic heterocycles. The molecule has 154 valence electrons. The van der Waals surface area contributed by atoms with Gasteiger partial charge in [0.25, 0.3) is 0 Å². The molecule has 0 aliphatic heterocycles. The van der Waals surface area contributed by atoms with Crippen LogP contribution in [0.5, 0.6) is 5.88 Å². The first-order valence-electron chi connectivity index (χ1n) is 8.62. The van der Waals surface area contributed by atoms with E-state index in [4.69, 9.17) is 9.57 Å². The lowest BCUT2D eigenvalue weighted by atomic mass is 9.97. The molecule has 9 heteroatoms. The lowest BCUT2D eigenvalue weighted by Crippen LogP contribution is -2.08. The number of oxime groups is 1. The SMILES string of the molecule is CCO/C(C)=C(/C(=O)O)c1ccccc1CC=NOc1cccc(C(F)(F)F)n1. The molecular formula is C20H19F3N2O4. The number of carbonyl (C=O) groups is 1. The molecule has 0 unspecified atom stereocenters. The first kappa shape index (κ1) is 21.9. The third-order valence-corrected chi connectivity index (χ3v) is 3.76. The van der Waals surface area contributed by atoms with E-state index in [0.717, 1.165) is 12.1 Å². The number of benzene rings is 1. The molecule has 0 fully saturated rings. The maximum Gasteiger partial charge on any atom is 0.433 e. The van der Waals surface area contributed by atoms with Gasteiger partial charge in [0.1, 0.15) is 17.0 Å². The summed E-state index contributed by atoms with van der Waals surface area (Å²) in [5.74, 6) is -1.17. The van der Waals surface area contributed by atoms with Gasteiger partial charge in [0.2, 0.25) is 5.88 Å². The average Bonchev–Trinajstić information content (AvgIpc) is 2.66. The zero-order valence-electron chi connectivity index (χ0n) is 15.7. The Morgan fingerprint density at radius 3 is 2.59 bits per heavy atom. The van der Waals surface area contributed by atoms with E-state index in [1.165, 1.54) is 12.3 Å². The molecule has 0 saturated heterocycles. The predicted molar refractivity (Wildman–Crippen MR) is 100 cm³/mol. The standard InChI is InChI=1S/C20H19F3N2O4/c1-3-28-13(2)18(19(26)27)15-8-5-4-7-14(15)11-12-24-29-17-10-6-9-16(25-17)20(21,22)23/h4-10,12H,3,11H2,1-2H3,(H,26,27)/b18-13+,24-12?. The van der Waals surface area contributed by atoms with E-state index >= 15 is 0 Å². The van der Waals surface area contributed by atoms with Crippen LogP contribution in [0.15, 0.2) is 53.4 Å². The second kappa shape index (κ2) is 9.72. The van der Waals surface area contributed by atoms with Gasteiger partial charge < -0.3 is 14.7 Å². The molecule has 1 heterocycles. The summed E-state index contributed by atoms with van der Waals surface area (Å²) in [7, 11) is 0. The van der Waals surface area contributed by atoms with Crippen LogP contribution in [0.25, 0.3) is 5.57 Å². The molecule has 0 aliphatic carbocycles. The molecular weight excluding hydrogens is 389 g/mol. The van der Waals surface area contributed by atoms with E-state index in [9.17, 15) is 23.1 Å². The number of carboxylic acids is 1. The summed E-state index contributed by atoms with van der Waals surface area (Å²) < 4.78 is 43.3. The molecule has 0 atom stereocenters. The van der Waals surface area contributed by atoms with Crippen LogP contribution in [0.2, 0.25) is 0 Å². The minimum absolute atomic E-state index is 0.0244. The van der Waals surface area contributed by atoms with Gasteiger partial charge in [-0.2, -0.15) is 13.2 Å². The van der Waals surface area contributed by atoms with Gasteiger partial charge in [-0.3, -0.25) is 0 Å². The number of rotatable bonds is 8. The largest absolute Gasteiger partial charge is 0.498 e. The van der Waals surface area contributed by atoms with Crippen LogP contribution in [0, 0.1) is 0 Å². The molecule has 2 aromatic rings. The Hall–Kier alpha value is -3.36. The van der Waals surface area contributed by atoms with Crippen molar-refractivity contribution in [3.8, 4) is 5.88 Å². The van der Waals surface area contributed by atoms with E-state index in [0.29, 0.717) is 17.7 Å². The highest BCUT2D eigenvalue weighted by atomic mass is 19.4. The molecule has 0 aliphatic rings. The minimum atomic E-state index is -4.58. The summed E-state index contributed by atoms with van der Waals surface area (Å²) in [5.41, 5.74) is 0.0254. The van der Waals surface area contributed by atoms with Crippen LogP contribution in [-0.4, -0.2) is 28.9 Å². The van der Waals surface area contributed by atoms with Crippen LogP contribution in [0.3, 0.4) is 0 Å². The number of ether oxygens (including phenoxy) is 1. The highest BCUT2D eigenvalue weighted by molar-refractivity contribution is 6.16. The highest BCUT2D eigenvalue weighted by Crippen LogP contribution is 2.28. The summed E-state index contributed by atoms with van der Waals surface area (Å²) >= 11 is 0. The van der Waals surface area contributed by atoms with Crippen molar-refractivity contribution in [3.05, 3.63) is 65.0 Å². The van der Waals surface area contributed by atoms with E-state index in [1.807, 2.05) is 0 Å². The van der Waals surface area contributed by atoms with Gasteiger partial charge in [-0.05, 0) is 31.0 Å². The van der Waals surface area contributed by atoms with Crippen molar-refractivity contribution in [2.24, 2.45) is 5.16 Å². The van der Waals surface area contributed by atoms with E-state index in [1.54, 1.807) is 38.1 Å². The number of hydrogen-bond donors (Lipinski definition) is 1. The maximum absolute atomic E-state index is 12.7. The number of alkyl halides is 3. The Labute approximate surface area is 165 Å². The number of hydrogen-bond acceptors (Lipinski definition) is 5. The molecule has 1 N–H and O–H groups in total. The fourth-order valence-electron chi connectivity index (χ4n) is 2.54. The maximum atomic E-state index is 12.7. The van der Waals surface area contributed by atoms with Crippen LogP contribution < -0.4 is 4.84 Å². The van der Waals surface area contributed by atoms with Crippen LogP contribution in [-0.2, 0) is 22.1 Å². The highest BCUT2D eigenvalue weighted by Gasteiger charge is 2.32. The zero-order valence-corrected chi connectivity index (χ0v) is 15.7. The van der Waals surface area contributed by atoms with Crippen molar-refractivity contribution in [3.63, 3.8) is 0 Å². The Bertz CT molecular complexity index is 924. The lowest BCUT2D eigenvalue weighted by Gasteiger charge is -2.12. The molecule has 1 aromatic carbocycles. The summed E-state index contributed by atoms with van der Waals surface area (Å²) in [6.07, 6.45) is -3.08. The first-order chi connectivity index (χ1) is 13.7. The molecule has 0 amide bonds. The smallest absolute Gasteiger partial charge is 0.433 e. The normalized spacial score (nSPS) is 12.6. The fourth-order valence-corrected chi connectivity index (χ4v) is 2.54. The van der Waals surface area contributed by atoms with Gasteiger partial charge in [-0.15, -0.1) is 0 Å². The Morgan fingerprint density at radius 2 is 1.93 bits per heavy atom. The van der Waals surface area contributed by atoms with E-state index in [-0.39, 0.29) is 23.6 Å². The summed E-state index contributed by atoms with van der Waals surface area (Å²) in [6.45, 7) is 3.64. The third kappa shape index (κ3) is 6.06. The molecule has 0 saturated carbocycles. The number of pyridine rings is 1. The Balaban J connectivity index is 2.18. The molecule has 29 heavy (non-hydrogen) atoms. The molecule has 0 bridgehead atoms. The quantitative estimate of drug-likeness (QED) is 0.300. The molecule has 0 spiro atoms. The van der Waals surface area contributed by atoms with Crippen LogP contribution >= 0.6 is 0 Å². The number of halogens is 3. The van der Waals surface area contributed by atoms with Gasteiger partial charge in [0.05, 0.1) is 6.61 Å². The second-order valence-corrected chi connectivity index (χ2v) is 5.77. The number of carboxylic acid groups (broad SMARTS) is 1. The van der Waals surface area contributed by atoms with Gasteiger partial charge in [0, 0.05) is 18.7 Å². The molecule has 6 nitrogen and oxygen atoms in total. The van der Waals surface area contributed by atoms with Crippen molar-refractivity contribution in [1.29, 1.82) is 0 Å². The Morgan fingerprint density at radius 1 is 1.21 bits per heavy atom. The van der Waals surface area contributed by atoms with Gasteiger partial charge in [-0.25, -0.2) is 9.78 Å². The van der Waals surface area contributed by atoms with Crippen LogP contribution in [0.4, 0.5) is 13.2 Å². The van der Waals surface area contributed by atoms with Gasteiger partial charge >= 0.3 is 12.1 Å². The predicted octanol–water partition coefficient (Wildman–Crippen LogP) is 4.56. The monoisotopic (exact) mass is 408 g/mol. The third-order valence-electron chi connectivity index (χ3n) is 3.76. The van der Waals surface area contributed by atoms with Crippen LogP contribution in [0.1, 0.15) is 30.7 Å². The zero-order chi connectivity index (χ0) is 21.4. The van der Waals surface area contributed by atoms with Gasteiger partial charge in [0.15, 0.2) is 0 Å². The van der Waals surface area contributed by atoms with Crippen molar-refractivity contribution >= 4 is 17.8 Å². The first-order valence-corrected chi connectivity index (χ1v) is 8.62. The summed E-state index contributed by atoms with van der Waals surface area (Å²) in [5, 5.41) is 13.2. The van der Waals surface area contributed by atoms with Crippen molar-refractivity contribution in [2.45, 2.75) is 26.4 Å². The summed E-state index contributed by atoms with van der Waals surface area (Å²) in [4.78, 5) is 19.9. The number of allylic oxidation sites excluding steroid dienone is 1.